The van der Waals surface area contributed by atoms with E-state index < -0.39 is 10.0 Å². The van der Waals surface area contributed by atoms with Crippen LogP contribution in [-0.4, -0.2) is 14.3 Å². The van der Waals surface area contributed by atoms with Gasteiger partial charge in [-0.15, -0.1) is 11.6 Å². The largest absolute Gasteiger partial charge is 0.280 e. The van der Waals surface area contributed by atoms with Crippen LogP contribution in [0.2, 0.25) is 0 Å². The molecule has 4 nitrogen and oxygen atoms in total. The third kappa shape index (κ3) is 3.97. The van der Waals surface area contributed by atoms with Crippen LogP contribution in [0.5, 0.6) is 0 Å². The van der Waals surface area contributed by atoms with Gasteiger partial charge in [0, 0.05) is 11.6 Å². The first-order valence-electron chi connectivity index (χ1n) is 6.23. The summed E-state index contributed by atoms with van der Waals surface area (Å²) in [5.41, 5.74) is 1.88. The molecule has 0 spiro atoms. The van der Waals surface area contributed by atoms with Gasteiger partial charge in [-0.3, -0.25) is 4.72 Å². The predicted molar refractivity (Wildman–Crippen MR) is 82.8 cm³/mol. The number of anilines is 1. The maximum absolute atomic E-state index is 12.2. The zero-order valence-corrected chi connectivity index (χ0v) is 12.7. The number of hydrogen-bond donors (Lipinski definition) is 1. The van der Waals surface area contributed by atoms with Gasteiger partial charge in [0.2, 0.25) is 0 Å². The number of hydrogen-bond acceptors (Lipinski definition) is 3. The van der Waals surface area contributed by atoms with Gasteiger partial charge in [0.1, 0.15) is 0 Å². The molecule has 0 heterocycles. The standard InChI is InChI=1S/C15H13ClN2O2S/c16-10-9-12-3-7-15(8-4-12)21(19,20)18-14-5-1-13(11-17)2-6-14/h1-8,18H,9-10H2. The van der Waals surface area contributed by atoms with Crippen molar-refractivity contribution in [2.45, 2.75) is 11.3 Å². The predicted octanol–water partition coefficient (Wildman–Crippen LogP) is 3.14. The topological polar surface area (TPSA) is 70.0 Å². The molecule has 0 atom stereocenters. The zero-order chi connectivity index (χ0) is 15.3. The van der Waals surface area contributed by atoms with E-state index in [1.165, 1.54) is 0 Å². The first kappa shape index (κ1) is 15.4. The lowest BCUT2D eigenvalue weighted by Crippen LogP contribution is -2.12. The highest BCUT2D eigenvalue weighted by Crippen LogP contribution is 2.17. The van der Waals surface area contributed by atoms with Gasteiger partial charge in [0.25, 0.3) is 10.0 Å². The molecule has 0 fully saturated rings. The molecule has 0 bridgehead atoms. The summed E-state index contributed by atoms with van der Waals surface area (Å²) in [7, 11) is -3.63. The molecule has 108 valence electrons. The van der Waals surface area contributed by atoms with Crippen molar-refractivity contribution in [2.24, 2.45) is 0 Å². The molecular weight excluding hydrogens is 308 g/mol. The second-order valence-electron chi connectivity index (χ2n) is 4.38. The minimum absolute atomic E-state index is 0.185. The van der Waals surface area contributed by atoms with Crippen molar-refractivity contribution in [3.05, 3.63) is 59.7 Å². The Morgan fingerprint density at radius 2 is 1.67 bits per heavy atom. The molecule has 2 aromatic rings. The number of nitrogens with zero attached hydrogens (tertiary/aromatic N) is 1. The summed E-state index contributed by atoms with van der Waals surface area (Å²) in [5.74, 6) is 0.496. The van der Waals surface area contributed by atoms with Crippen LogP contribution < -0.4 is 4.72 Å². The third-order valence-corrected chi connectivity index (χ3v) is 4.47. The van der Waals surface area contributed by atoms with Crippen LogP contribution in [-0.2, 0) is 16.4 Å². The molecule has 0 saturated heterocycles. The van der Waals surface area contributed by atoms with E-state index in [1.807, 2.05) is 6.07 Å². The Kier molecular flexibility index (Phi) is 4.84. The van der Waals surface area contributed by atoms with Gasteiger partial charge in [0.05, 0.1) is 16.5 Å². The van der Waals surface area contributed by atoms with E-state index >= 15 is 0 Å². The zero-order valence-electron chi connectivity index (χ0n) is 11.1. The molecule has 0 aliphatic carbocycles. The maximum Gasteiger partial charge on any atom is 0.261 e. The van der Waals surface area contributed by atoms with Crippen LogP contribution in [0.25, 0.3) is 0 Å². The van der Waals surface area contributed by atoms with Gasteiger partial charge < -0.3 is 0 Å². The monoisotopic (exact) mass is 320 g/mol. The fourth-order valence-corrected chi connectivity index (χ4v) is 3.05. The van der Waals surface area contributed by atoms with Crippen LogP contribution in [0.3, 0.4) is 0 Å². The first-order chi connectivity index (χ1) is 10.0. The molecule has 0 amide bonds. The highest BCUT2D eigenvalue weighted by Gasteiger charge is 2.13. The fourth-order valence-electron chi connectivity index (χ4n) is 1.77. The number of alkyl halides is 1. The average molecular weight is 321 g/mol. The van der Waals surface area contributed by atoms with Crippen LogP contribution in [0, 0.1) is 11.3 Å². The van der Waals surface area contributed by atoms with Crippen LogP contribution >= 0.6 is 11.6 Å². The number of nitrogens with one attached hydrogen (secondary N) is 1. The Hall–Kier alpha value is -2.03. The van der Waals surface area contributed by atoms with Crippen molar-refractivity contribution in [2.75, 3.05) is 10.6 Å². The molecule has 21 heavy (non-hydrogen) atoms. The summed E-state index contributed by atoms with van der Waals surface area (Å²) < 4.78 is 26.9. The minimum Gasteiger partial charge on any atom is -0.280 e. The summed E-state index contributed by atoms with van der Waals surface area (Å²) in [5, 5.41) is 8.71. The Balaban J connectivity index is 2.19. The second kappa shape index (κ2) is 6.61. The fraction of sp³-hybridized carbons (Fsp3) is 0.133. The molecule has 1 N–H and O–H groups in total. The van der Waals surface area contributed by atoms with Crippen molar-refractivity contribution in [3.8, 4) is 6.07 Å². The van der Waals surface area contributed by atoms with Crippen LogP contribution in [0.1, 0.15) is 11.1 Å². The second-order valence-corrected chi connectivity index (χ2v) is 6.44. The summed E-state index contributed by atoms with van der Waals surface area (Å²) in [4.78, 5) is 0.185. The van der Waals surface area contributed by atoms with E-state index in [-0.39, 0.29) is 4.90 Å². The number of benzene rings is 2. The molecule has 0 aliphatic rings. The van der Waals surface area contributed by atoms with Crippen molar-refractivity contribution in [1.82, 2.24) is 0 Å². The van der Waals surface area contributed by atoms with E-state index in [0.29, 0.717) is 23.6 Å². The maximum atomic E-state index is 12.2. The molecule has 0 saturated carbocycles. The highest BCUT2D eigenvalue weighted by molar-refractivity contribution is 7.92. The van der Waals surface area contributed by atoms with Crippen LogP contribution in [0.4, 0.5) is 5.69 Å². The molecule has 0 aliphatic heterocycles. The van der Waals surface area contributed by atoms with E-state index in [4.69, 9.17) is 16.9 Å². The summed E-state index contributed by atoms with van der Waals surface area (Å²) >= 11 is 5.64. The quantitative estimate of drug-likeness (QED) is 0.860. The van der Waals surface area contributed by atoms with Gasteiger partial charge in [-0.2, -0.15) is 5.26 Å². The van der Waals surface area contributed by atoms with E-state index in [0.717, 1.165) is 5.56 Å². The third-order valence-electron chi connectivity index (χ3n) is 2.88. The lowest BCUT2D eigenvalue weighted by atomic mass is 10.2. The summed E-state index contributed by atoms with van der Waals surface area (Å²) in [6.07, 6.45) is 0.699. The molecule has 2 aromatic carbocycles. The van der Waals surface area contributed by atoms with Crippen LogP contribution in [0.15, 0.2) is 53.4 Å². The molecular formula is C15H13ClN2O2S. The Morgan fingerprint density at radius 1 is 1.05 bits per heavy atom. The summed E-state index contributed by atoms with van der Waals surface area (Å²) in [6.45, 7) is 0. The lowest BCUT2D eigenvalue weighted by molar-refractivity contribution is 0.601. The molecule has 0 aromatic heterocycles. The molecule has 2 rings (SSSR count). The lowest BCUT2D eigenvalue weighted by Gasteiger charge is -2.08. The molecule has 0 unspecified atom stereocenters. The van der Waals surface area contributed by atoms with Crippen molar-refractivity contribution < 1.29 is 8.42 Å². The highest BCUT2D eigenvalue weighted by atomic mass is 35.5. The van der Waals surface area contributed by atoms with Gasteiger partial charge in [-0.05, 0) is 48.4 Å². The smallest absolute Gasteiger partial charge is 0.261 e. The van der Waals surface area contributed by atoms with E-state index in [2.05, 4.69) is 4.72 Å². The Bertz CT molecular complexity index is 748. The number of aryl methyl sites for hydroxylation is 1. The Labute approximate surface area is 129 Å². The van der Waals surface area contributed by atoms with Gasteiger partial charge in [0.15, 0.2) is 0 Å². The normalized spacial score (nSPS) is 10.9. The first-order valence-corrected chi connectivity index (χ1v) is 8.25. The van der Waals surface area contributed by atoms with Crippen molar-refractivity contribution in [1.29, 1.82) is 5.26 Å². The van der Waals surface area contributed by atoms with Gasteiger partial charge >= 0.3 is 0 Å². The van der Waals surface area contributed by atoms with E-state index in [9.17, 15) is 8.42 Å². The number of sulfonamides is 1. The van der Waals surface area contributed by atoms with Gasteiger partial charge in [-0.1, -0.05) is 12.1 Å². The van der Waals surface area contributed by atoms with E-state index in [1.54, 1.807) is 48.5 Å². The number of halogens is 1. The van der Waals surface area contributed by atoms with Crippen molar-refractivity contribution in [3.63, 3.8) is 0 Å². The van der Waals surface area contributed by atoms with Gasteiger partial charge in [-0.25, -0.2) is 8.42 Å². The summed E-state index contributed by atoms with van der Waals surface area (Å²) in [6, 6.07) is 14.8. The molecule has 6 heteroatoms. The number of nitriles is 1. The van der Waals surface area contributed by atoms with Crippen molar-refractivity contribution >= 4 is 27.3 Å². The SMILES string of the molecule is N#Cc1ccc(NS(=O)(=O)c2ccc(CCCl)cc2)cc1. The Morgan fingerprint density at radius 3 is 2.19 bits per heavy atom. The number of rotatable bonds is 5. The average Bonchev–Trinajstić information content (AvgIpc) is 2.48. The minimum atomic E-state index is -3.63. The molecule has 0 radical (unpaired) electrons.